The normalized spacial score (nSPS) is 10.3. The van der Waals surface area contributed by atoms with Crippen molar-refractivity contribution in [2.45, 2.75) is 26.7 Å². The quantitative estimate of drug-likeness (QED) is 0.719. The van der Waals surface area contributed by atoms with E-state index < -0.39 is 0 Å². The van der Waals surface area contributed by atoms with E-state index in [0.717, 1.165) is 25.9 Å². The average molecular weight is 303 g/mol. The maximum Gasteiger partial charge on any atom is 0.234 e. The van der Waals surface area contributed by atoms with Crippen molar-refractivity contribution >= 4 is 5.91 Å². The molecule has 0 saturated carbocycles. The van der Waals surface area contributed by atoms with E-state index in [4.69, 9.17) is 10.00 Å². The first-order valence-electron chi connectivity index (χ1n) is 7.81. The lowest BCUT2D eigenvalue weighted by Crippen LogP contribution is -2.39. The van der Waals surface area contributed by atoms with Gasteiger partial charge in [0, 0.05) is 13.1 Å². The van der Waals surface area contributed by atoms with Crippen LogP contribution in [0.2, 0.25) is 0 Å². The van der Waals surface area contributed by atoms with Crippen LogP contribution in [0.1, 0.15) is 32.3 Å². The first-order valence-corrected chi connectivity index (χ1v) is 7.81. The lowest BCUT2D eigenvalue weighted by Gasteiger charge is -2.21. The number of benzene rings is 1. The van der Waals surface area contributed by atoms with Gasteiger partial charge in [0.2, 0.25) is 5.91 Å². The van der Waals surface area contributed by atoms with Gasteiger partial charge in [0.25, 0.3) is 0 Å². The van der Waals surface area contributed by atoms with Crippen LogP contribution in [-0.4, -0.2) is 43.6 Å². The van der Waals surface area contributed by atoms with E-state index in [1.54, 1.807) is 18.2 Å². The van der Waals surface area contributed by atoms with Crippen molar-refractivity contribution in [3.63, 3.8) is 0 Å². The zero-order valence-electron chi connectivity index (χ0n) is 13.5. The third kappa shape index (κ3) is 7.09. The smallest absolute Gasteiger partial charge is 0.234 e. The maximum atomic E-state index is 11.8. The second kappa shape index (κ2) is 10.6. The van der Waals surface area contributed by atoms with Crippen LogP contribution >= 0.6 is 0 Å². The zero-order valence-corrected chi connectivity index (χ0v) is 13.5. The molecule has 0 aromatic heterocycles. The van der Waals surface area contributed by atoms with Gasteiger partial charge in [-0.25, -0.2) is 0 Å². The summed E-state index contributed by atoms with van der Waals surface area (Å²) in [6, 6.07) is 9.19. The Morgan fingerprint density at radius 1 is 1.32 bits per heavy atom. The predicted molar refractivity (Wildman–Crippen MR) is 86.7 cm³/mol. The van der Waals surface area contributed by atoms with Gasteiger partial charge in [0.15, 0.2) is 0 Å². The molecule has 5 heteroatoms. The van der Waals surface area contributed by atoms with E-state index in [9.17, 15) is 4.79 Å². The molecule has 1 amide bonds. The van der Waals surface area contributed by atoms with Crippen molar-refractivity contribution in [3.05, 3.63) is 29.8 Å². The first-order chi connectivity index (χ1) is 10.7. The van der Waals surface area contributed by atoms with Gasteiger partial charge in [-0.05, 0) is 37.6 Å². The minimum atomic E-state index is 0.0572. The standard InChI is InChI=1S/C17H25N3O2/c1-3-8-19-17(21)14-20(9-4-2)10-11-22-16-7-5-6-15(12-16)13-18/h5-7,12H,3-4,8-11,14H2,1-2H3,(H,19,21). The topological polar surface area (TPSA) is 65.4 Å². The molecule has 0 aliphatic heterocycles. The van der Waals surface area contributed by atoms with Gasteiger partial charge in [-0.1, -0.05) is 19.9 Å². The summed E-state index contributed by atoms with van der Waals surface area (Å²) in [6.45, 7) is 7.29. The molecule has 1 aromatic carbocycles. The molecule has 1 aromatic rings. The zero-order chi connectivity index (χ0) is 16.2. The summed E-state index contributed by atoms with van der Waals surface area (Å²) in [5, 5.41) is 11.7. The van der Waals surface area contributed by atoms with Gasteiger partial charge in [-0.2, -0.15) is 5.26 Å². The Morgan fingerprint density at radius 3 is 2.82 bits per heavy atom. The van der Waals surface area contributed by atoms with Gasteiger partial charge >= 0.3 is 0 Å². The van der Waals surface area contributed by atoms with Crippen molar-refractivity contribution < 1.29 is 9.53 Å². The highest BCUT2D eigenvalue weighted by Crippen LogP contribution is 2.12. The van der Waals surface area contributed by atoms with Crippen molar-refractivity contribution in [1.29, 1.82) is 5.26 Å². The Morgan fingerprint density at radius 2 is 2.14 bits per heavy atom. The number of nitriles is 1. The number of nitrogens with zero attached hydrogens (tertiary/aromatic N) is 2. The molecule has 1 rings (SSSR count). The van der Waals surface area contributed by atoms with Crippen molar-refractivity contribution in [1.82, 2.24) is 10.2 Å². The molecule has 0 atom stereocenters. The molecule has 0 spiro atoms. The van der Waals surface area contributed by atoms with Gasteiger partial charge in [-0.3, -0.25) is 9.69 Å². The highest BCUT2D eigenvalue weighted by Gasteiger charge is 2.09. The van der Waals surface area contributed by atoms with Crippen molar-refractivity contribution in [2.24, 2.45) is 0 Å². The maximum absolute atomic E-state index is 11.8. The highest BCUT2D eigenvalue weighted by molar-refractivity contribution is 5.77. The van der Waals surface area contributed by atoms with Crippen LogP contribution in [-0.2, 0) is 4.79 Å². The van der Waals surface area contributed by atoms with Gasteiger partial charge < -0.3 is 10.1 Å². The van der Waals surface area contributed by atoms with E-state index in [1.165, 1.54) is 0 Å². The second-order valence-electron chi connectivity index (χ2n) is 5.11. The van der Waals surface area contributed by atoms with Crippen LogP contribution in [0.5, 0.6) is 5.75 Å². The molecule has 0 aliphatic carbocycles. The van der Waals surface area contributed by atoms with Crippen molar-refractivity contribution in [3.8, 4) is 11.8 Å². The van der Waals surface area contributed by atoms with E-state index in [2.05, 4.69) is 23.2 Å². The summed E-state index contributed by atoms with van der Waals surface area (Å²) >= 11 is 0. The van der Waals surface area contributed by atoms with E-state index >= 15 is 0 Å². The molecule has 0 heterocycles. The summed E-state index contributed by atoms with van der Waals surface area (Å²) in [5.41, 5.74) is 0.585. The van der Waals surface area contributed by atoms with E-state index in [-0.39, 0.29) is 5.91 Å². The Hall–Kier alpha value is -2.06. The fourth-order valence-corrected chi connectivity index (χ4v) is 2.06. The Kier molecular flexibility index (Phi) is 8.70. The number of nitrogens with one attached hydrogen (secondary N) is 1. The monoisotopic (exact) mass is 303 g/mol. The molecule has 120 valence electrons. The number of amides is 1. The van der Waals surface area contributed by atoms with E-state index in [1.807, 2.05) is 13.0 Å². The van der Waals surface area contributed by atoms with E-state index in [0.29, 0.717) is 31.0 Å². The Bertz CT molecular complexity index is 497. The predicted octanol–water partition coefficient (Wildman–Crippen LogP) is 2.18. The van der Waals surface area contributed by atoms with Crippen LogP contribution in [0.3, 0.4) is 0 Å². The third-order valence-electron chi connectivity index (χ3n) is 3.12. The van der Waals surface area contributed by atoms with Crippen LogP contribution in [0.4, 0.5) is 0 Å². The lowest BCUT2D eigenvalue weighted by molar-refractivity contribution is -0.122. The molecule has 0 aliphatic rings. The SMILES string of the molecule is CCCNC(=O)CN(CCC)CCOc1cccc(C#N)c1. The van der Waals surface area contributed by atoms with Crippen molar-refractivity contribution in [2.75, 3.05) is 32.8 Å². The fourth-order valence-electron chi connectivity index (χ4n) is 2.06. The lowest BCUT2D eigenvalue weighted by atomic mass is 10.2. The third-order valence-corrected chi connectivity index (χ3v) is 3.12. The first kappa shape index (κ1) is 18.0. The number of carbonyl (C=O) groups excluding carboxylic acids is 1. The minimum absolute atomic E-state index is 0.0572. The summed E-state index contributed by atoms with van der Waals surface area (Å²) in [6.07, 6.45) is 1.93. The molecular formula is C17H25N3O2. The van der Waals surface area contributed by atoms with Gasteiger partial charge in [0.05, 0.1) is 18.2 Å². The highest BCUT2D eigenvalue weighted by atomic mass is 16.5. The molecule has 0 bridgehead atoms. The molecule has 0 saturated heterocycles. The molecule has 0 fully saturated rings. The summed E-state index contributed by atoms with van der Waals surface area (Å²) in [7, 11) is 0. The summed E-state index contributed by atoms with van der Waals surface area (Å²) < 4.78 is 5.66. The molecule has 0 unspecified atom stereocenters. The fraction of sp³-hybridized carbons (Fsp3) is 0.529. The molecule has 0 radical (unpaired) electrons. The Balaban J connectivity index is 2.40. The number of hydrogen-bond acceptors (Lipinski definition) is 4. The number of carbonyl (C=O) groups is 1. The molecule has 5 nitrogen and oxygen atoms in total. The van der Waals surface area contributed by atoms with Gasteiger partial charge in [-0.15, -0.1) is 0 Å². The van der Waals surface area contributed by atoms with Gasteiger partial charge in [0.1, 0.15) is 12.4 Å². The second-order valence-corrected chi connectivity index (χ2v) is 5.11. The molecular weight excluding hydrogens is 278 g/mol. The van der Waals surface area contributed by atoms with Crippen LogP contribution in [0, 0.1) is 11.3 Å². The Labute approximate surface area is 132 Å². The minimum Gasteiger partial charge on any atom is -0.492 e. The van der Waals surface area contributed by atoms with Crippen LogP contribution < -0.4 is 10.1 Å². The molecule has 22 heavy (non-hydrogen) atoms. The average Bonchev–Trinajstić information content (AvgIpc) is 2.53. The number of rotatable bonds is 10. The van der Waals surface area contributed by atoms with Crippen LogP contribution in [0.15, 0.2) is 24.3 Å². The summed E-state index contributed by atoms with van der Waals surface area (Å²) in [5.74, 6) is 0.743. The van der Waals surface area contributed by atoms with Crippen LogP contribution in [0.25, 0.3) is 0 Å². The number of ether oxygens (including phenoxy) is 1. The molecule has 1 N–H and O–H groups in total. The largest absolute Gasteiger partial charge is 0.492 e. The number of hydrogen-bond donors (Lipinski definition) is 1. The summed E-state index contributed by atoms with van der Waals surface area (Å²) in [4.78, 5) is 13.9.